The van der Waals surface area contributed by atoms with Gasteiger partial charge in [-0.3, -0.25) is 0 Å². The highest BCUT2D eigenvalue weighted by atomic mass is 127. The summed E-state index contributed by atoms with van der Waals surface area (Å²) in [6, 6.07) is 3.44. The van der Waals surface area contributed by atoms with Gasteiger partial charge in [-0.15, -0.1) is 0 Å². The smallest absolute Gasteiger partial charge is 0.339 e. The van der Waals surface area contributed by atoms with Crippen molar-refractivity contribution in [2.45, 2.75) is 52.9 Å². The van der Waals surface area contributed by atoms with Gasteiger partial charge in [-0.05, 0) is 59.4 Å². The molecule has 1 N–H and O–H groups in total. The standard InChI is InChI=1S/C18H25IO4/c1-4-5-11-23-18(22)14-10-9-13(8-6-7-12(2)3)16(19)15(14)17(20)21/h9-10,12H,4-8,11H2,1-3H3,(H,20,21). The van der Waals surface area contributed by atoms with E-state index in [9.17, 15) is 14.7 Å². The zero-order valence-electron chi connectivity index (χ0n) is 14.0. The van der Waals surface area contributed by atoms with Gasteiger partial charge in [0.05, 0.1) is 17.7 Å². The number of carboxylic acids is 1. The molecule has 0 atom stereocenters. The van der Waals surface area contributed by atoms with E-state index >= 15 is 0 Å². The third-order valence-corrected chi connectivity index (χ3v) is 4.85. The van der Waals surface area contributed by atoms with Crippen LogP contribution in [0.2, 0.25) is 0 Å². The van der Waals surface area contributed by atoms with Gasteiger partial charge in [-0.2, -0.15) is 0 Å². The van der Waals surface area contributed by atoms with Crippen LogP contribution in [0.4, 0.5) is 0 Å². The number of aryl methyl sites for hydroxylation is 1. The third kappa shape index (κ3) is 6.12. The summed E-state index contributed by atoms with van der Waals surface area (Å²) in [7, 11) is 0. The summed E-state index contributed by atoms with van der Waals surface area (Å²) in [5.74, 6) is -1.01. The second-order valence-electron chi connectivity index (χ2n) is 6.04. The fraction of sp³-hybridized carbons (Fsp3) is 0.556. The highest BCUT2D eigenvalue weighted by Crippen LogP contribution is 2.24. The number of rotatable bonds is 9. The van der Waals surface area contributed by atoms with Crippen LogP contribution >= 0.6 is 22.6 Å². The molecule has 128 valence electrons. The first-order chi connectivity index (χ1) is 10.9. The van der Waals surface area contributed by atoms with Gasteiger partial charge in [-0.25, -0.2) is 9.59 Å². The summed E-state index contributed by atoms with van der Waals surface area (Å²) in [5.41, 5.74) is 1.19. The van der Waals surface area contributed by atoms with E-state index in [4.69, 9.17) is 4.74 Å². The second-order valence-corrected chi connectivity index (χ2v) is 7.12. The summed E-state index contributed by atoms with van der Waals surface area (Å²) >= 11 is 2.03. The Bertz CT molecular complexity index is 552. The average Bonchev–Trinajstić information content (AvgIpc) is 2.48. The molecule has 0 aliphatic rings. The highest BCUT2D eigenvalue weighted by Gasteiger charge is 2.22. The number of carbonyl (C=O) groups is 2. The minimum absolute atomic E-state index is 0.0640. The minimum atomic E-state index is -1.08. The number of hydrogen-bond donors (Lipinski definition) is 1. The maximum absolute atomic E-state index is 12.1. The molecule has 0 bridgehead atoms. The van der Waals surface area contributed by atoms with Crippen LogP contribution in [0, 0.1) is 9.49 Å². The Kier molecular flexibility index (Phi) is 8.58. The van der Waals surface area contributed by atoms with Crippen LogP contribution in [-0.2, 0) is 11.2 Å². The van der Waals surface area contributed by atoms with Gasteiger partial charge in [0, 0.05) is 3.57 Å². The number of unbranched alkanes of at least 4 members (excludes halogenated alkanes) is 1. The van der Waals surface area contributed by atoms with Crippen molar-refractivity contribution < 1.29 is 19.4 Å². The van der Waals surface area contributed by atoms with Gasteiger partial charge < -0.3 is 9.84 Å². The van der Waals surface area contributed by atoms with E-state index in [2.05, 4.69) is 13.8 Å². The van der Waals surface area contributed by atoms with Crippen LogP contribution in [-0.4, -0.2) is 23.7 Å². The van der Waals surface area contributed by atoms with E-state index in [-0.39, 0.29) is 11.1 Å². The van der Waals surface area contributed by atoms with Crippen molar-refractivity contribution in [1.82, 2.24) is 0 Å². The molecule has 0 saturated carbocycles. The number of aromatic carboxylic acids is 1. The molecule has 0 aliphatic carbocycles. The molecule has 0 unspecified atom stereocenters. The summed E-state index contributed by atoms with van der Waals surface area (Å²) in [5, 5.41) is 9.49. The Morgan fingerprint density at radius 1 is 1.26 bits per heavy atom. The average molecular weight is 432 g/mol. The van der Waals surface area contributed by atoms with Crippen LogP contribution in [0.1, 0.15) is 72.7 Å². The minimum Gasteiger partial charge on any atom is -0.478 e. The predicted molar refractivity (Wildman–Crippen MR) is 99.1 cm³/mol. The van der Waals surface area contributed by atoms with E-state index in [0.29, 0.717) is 16.1 Å². The molecule has 0 spiro atoms. The summed E-state index contributed by atoms with van der Waals surface area (Å²) < 4.78 is 5.80. The normalized spacial score (nSPS) is 10.8. The zero-order valence-corrected chi connectivity index (χ0v) is 16.2. The molecule has 4 nitrogen and oxygen atoms in total. The molecule has 0 radical (unpaired) electrons. The first-order valence-electron chi connectivity index (χ1n) is 8.10. The van der Waals surface area contributed by atoms with E-state index in [1.807, 2.05) is 35.6 Å². The molecule has 0 heterocycles. The molecular formula is C18H25IO4. The number of esters is 1. The highest BCUT2D eigenvalue weighted by molar-refractivity contribution is 14.1. The van der Waals surface area contributed by atoms with Crippen LogP contribution in [0.5, 0.6) is 0 Å². The molecule has 0 aromatic heterocycles. The fourth-order valence-corrected chi connectivity index (χ4v) is 3.25. The monoisotopic (exact) mass is 432 g/mol. The van der Waals surface area contributed by atoms with Crippen molar-refractivity contribution in [3.05, 3.63) is 32.4 Å². The van der Waals surface area contributed by atoms with Crippen LogP contribution in [0.15, 0.2) is 12.1 Å². The van der Waals surface area contributed by atoms with Crippen LogP contribution < -0.4 is 0 Å². The molecule has 0 amide bonds. The van der Waals surface area contributed by atoms with Gasteiger partial charge in [0.2, 0.25) is 0 Å². The third-order valence-electron chi connectivity index (χ3n) is 3.61. The SMILES string of the molecule is CCCCOC(=O)c1ccc(CCCC(C)C)c(I)c1C(=O)O. The summed E-state index contributed by atoms with van der Waals surface area (Å²) in [6.45, 7) is 6.67. The molecular weight excluding hydrogens is 407 g/mol. The first-order valence-corrected chi connectivity index (χ1v) is 9.18. The lowest BCUT2D eigenvalue weighted by Crippen LogP contribution is -2.15. The number of hydrogen-bond acceptors (Lipinski definition) is 3. The van der Waals surface area contributed by atoms with Crippen molar-refractivity contribution >= 4 is 34.5 Å². The van der Waals surface area contributed by atoms with Gasteiger partial charge in [-0.1, -0.05) is 39.7 Å². The second kappa shape index (κ2) is 9.90. The van der Waals surface area contributed by atoms with E-state index in [0.717, 1.165) is 37.7 Å². The number of benzene rings is 1. The van der Waals surface area contributed by atoms with Crippen molar-refractivity contribution in [3.8, 4) is 0 Å². The van der Waals surface area contributed by atoms with Crippen molar-refractivity contribution in [1.29, 1.82) is 0 Å². The molecule has 0 fully saturated rings. The van der Waals surface area contributed by atoms with E-state index < -0.39 is 11.9 Å². The molecule has 5 heteroatoms. The zero-order chi connectivity index (χ0) is 17.4. The largest absolute Gasteiger partial charge is 0.478 e. The van der Waals surface area contributed by atoms with Crippen LogP contribution in [0.25, 0.3) is 0 Å². The molecule has 0 aliphatic heterocycles. The molecule has 1 aromatic rings. The Hall–Kier alpha value is -1.11. The van der Waals surface area contributed by atoms with E-state index in [1.54, 1.807) is 6.07 Å². The lowest BCUT2D eigenvalue weighted by molar-refractivity contribution is 0.0489. The summed E-state index contributed by atoms with van der Waals surface area (Å²) in [4.78, 5) is 23.7. The molecule has 1 aromatic carbocycles. The maximum atomic E-state index is 12.1. The lowest BCUT2D eigenvalue weighted by Gasteiger charge is -2.13. The van der Waals surface area contributed by atoms with Crippen molar-refractivity contribution in [3.63, 3.8) is 0 Å². The number of carbonyl (C=O) groups excluding carboxylic acids is 1. The number of halogens is 1. The Balaban J connectivity index is 2.98. The topological polar surface area (TPSA) is 63.6 Å². The van der Waals surface area contributed by atoms with Gasteiger partial charge in [0.25, 0.3) is 0 Å². The quantitative estimate of drug-likeness (QED) is 0.342. The van der Waals surface area contributed by atoms with Crippen molar-refractivity contribution in [2.75, 3.05) is 6.61 Å². The Labute approximate surface area is 151 Å². The predicted octanol–water partition coefficient (Wildman–Crippen LogP) is 4.93. The summed E-state index contributed by atoms with van der Waals surface area (Å²) in [6.07, 6.45) is 4.62. The fourth-order valence-electron chi connectivity index (χ4n) is 2.28. The van der Waals surface area contributed by atoms with Gasteiger partial charge in [0.1, 0.15) is 0 Å². The molecule has 0 saturated heterocycles. The van der Waals surface area contributed by atoms with Gasteiger partial charge in [0.15, 0.2) is 0 Å². The van der Waals surface area contributed by atoms with Gasteiger partial charge >= 0.3 is 11.9 Å². The number of ether oxygens (including phenoxy) is 1. The Morgan fingerprint density at radius 2 is 1.96 bits per heavy atom. The van der Waals surface area contributed by atoms with Crippen LogP contribution in [0.3, 0.4) is 0 Å². The molecule has 23 heavy (non-hydrogen) atoms. The van der Waals surface area contributed by atoms with E-state index in [1.165, 1.54) is 0 Å². The first kappa shape index (κ1) is 19.9. The Morgan fingerprint density at radius 3 is 2.52 bits per heavy atom. The van der Waals surface area contributed by atoms with Crippen molar-refractivity contribution in [2.24, 2.45) is 5.92 Å². The number of carboxylic acid groups (broad SMARTS) is 1. The lowest BCUT2D eigenvalue weighted by atomic mass is 9.98. The molecule has 1 rings (SSSR count). The maximum Gasteiger partial charge on any atom is 0.339 e.